The van der Waals surface area contributed by atoms with E-state index in [9.17, 15) is 4.79 Å². The van der Waals surface area contributed by atoms with Crippen molar-refractivity contribution < 1.29 is 19.0 Å². The predicted octanol–water partition coefficient (Wildman–Crippen LogP) is 7.23. The first kappa shape index (κ1) is 24.6. The van der Waals surface area contributed by atoms with Gasteiger partial charge in [0.15, 0.2) is 17.2 Å². The van der Waals surface area contributed by atoms with Crippen molar-refractivity contribution in [3.05, 3.63) is 96.2 Å². The van der Waals surface area contributed by atoms with Gasteiger partial charge in [-0.15, -0.1) is 0 Å². The summed E-state index contributed by atoms with van der Waals surface area (Å²) in [6.45, 7) is 4.67. The first-order valence-electron chi connectivity index (χ1n) is 10.5. The lowest BCUT2D eigenvalue weighted by Gasteiger charge is -2.15. The van der Waals surface area contributed by atoms with Crippen LogP contribution in [0.2, 0.25) is 10.0 Å². The van der Waals surface area contributed by atoms with Crippen molar-refractivity contribution in [2.75, 3.05) is 6.61 Å². The molecule has 1 heterocycles. The van der Waals surface area contributed by atoms with Crippen molar-refractivity contribution in [1.29, 1.82) is 0 Å². The molecule has 1 aliphatic heterocycles. The standard InChI is InChI=1S/C26H20Cl2INO4/c1-3-32-23-12-17(10-21(28)24(23)33-14-16-6-4-5-15(2)9-16)11-22-26(31)34-25(30-22)19-13-18(29)7-8-20(19)27/h4-13H,3,14H2,1-2H3. The molecule has 3 aromatic carbocycles. The fourth-order valence-corrected chi connectivity index (χ4v) is 4.34. The van der Waals surface area contributed by atoms with E-state index in [-0.39, 0.29) is 11.6 Å². The number of hydrogen-bond donors (Lipinski definition) is 0. The van der Waals surface area contributed by atoms with Crippen LogP contribution in [0.1, 0.15) is 29.2 Å². The Kier molecular flexibility index (Phi) is 7.80. The highest BCUT2D eigenvalue weighted by Crippen LogP contribution is 2.38. The fourth-order valence-electron chi connectivity index (χ4n) is 3.38. The van der Waals surface area contributed by atoms with Crippen LogP contribution in [-0.2, 0) is 16.1 Å². The third kappa shape index (κ3) is 5.74. The lowest BCUT2D eigenvalue weighted by atomic mass is 10.1. The maximum Gasteiger partial charge on any atom is 0.363 e. The minimum absolute atomic E-state index is 0.136. The van der Waals surface area contributed by atoms with Gasteiger partial charge in [0.05, 0.1) is 22.2 Å². The average Bonchev–Trinajstić information content (AvgIpc) is 3.15. The van der Waals surface area contributed by atoms with E-state index in [0.717, 1.165) is 14.7 Å². The molecule has 0 N–H and O–H groups in total. The average molecular weight is 608 g/mol. The molecule has 0 amide bonds. The maximum absolute atomic E-state index is 12.5. The SMILES string of the molecule is CCOc1cc(C=C2N=C(c3cc(I)ccc3Cl)OC2=O)cc(Cl)c1OCc1cccc(C)c1. The molecule has 0 aliphatic carbocycles. The molecule has 0 spiro atoms. The van der Waals surface area contributed by atoms with Gasteiger partial charge in [-0.1, -0.05) is 53.0 Å². The molecule has 0 atom stereocenters. The van der Waals surface area contributed by atoms with E-state index < -0.39 is 5.97 Å². The Labute approximate surface area is 221 Å². The van der Waals surface area contributed by atoms with Crippen molar-refractivity contribution in [3.8, 4) is 11.5 Å². The summed E-state index contributed by atoms with van der Waals surface area (Å²) in [6.07, 6.45) is 1.59. The molecule has 174 valence electrons. The lowest BCUT2D eigenvalue weighted by molar-refractivity contribution is -0.129. The van der Waals surface area contributed by atoms with E-state index in [0.29, 0.717) is 45.9 Å². The number of rotatable bonds is 7. The number of benzene rings is 3. The fraction of sp³-hybridized carbons (Fsp3) is 0.154. The van der Waals surface area contributed by atoms with Crippen LogP contribution in [-0.4, -0.2) is 18.5 Å². The quantitative estimate of drug-likeness (QED) is 0.162. The van der Waals surface area contributed by atoms with Gasteiger partial charge in [0.25, 0.3) is 0 Å². The molecule has 0 unspecified atom stereocenters. The smallest absolute Gasteiger partial charge is 0.363 e. The highest BCUT2D eigenvalue weighted by atomic mass is 127. The van der Waals surface area contributed by atoms with Gasteiger partial charge in [0.1, 0.15) is 6.61 Å². The Hall–Kier alpha value is -2.55. The molecule has 0 radical (unpaired) electrons. The molecule has 0 saturated heterocycles. The first-order chi connectivity index (χ1) is 16.3. The molecule has 5 nitrogen and oxygen atoms in total. The molecule has 8 heteroatoms. The second kappa shape index (κ2) is 10.8. The van der Waals surface area contributed by atoms with Crippen LogP contribution >= 0.6 is 45.8 Å². The summed E-state index contributed by atoms with van der Waals surface area (Å²) in [4.78, 5) is 16.8. The van der Waals surface area contributed by atoms with Gasteiger partial charge in [-0.3, -0.25) is 0 Å². The summed E-state index contributed by atoms with van der Waals surface area (Å²) in [5.74, 6) is 0.509. The van der Waals surface area contributed by atoms with Gasteiger partial charge in [0, 0.05) is 3.57 Å². The number of carbonyl (C=O) groups is 1. The number of carbonyl (C=O) groups excluding carboxylic acids is 1. The van der Waals surface area contributed by atoms with E-state index >= 15 is 0 Å². The number of esters is 1. The molecule has 3 aromatic rings. The molecular weight excluding hydrogens is 588 g/mol. The summed E-state index contributed by atoms with van der Waals surface area (Å²) in [7, 11) is 0. The zero-order chi connectivity index (χ0) is 24.2. The molecule has 4 rings (SSSR count). The van der Waals surface area contributed by atoms with Crippen LogP contribution in [0.4, 0.5) is 0 Å². The van der Waals surface area contributed by atoms with E-state index in [1.54, 1.807) is 24.3 Å². The third-order valence-corrected chi connectivity index (χ3v) is 6.16. The number of hydrogen-bond acceptors (Lipinski definition) is 5. The number of nitrogens with zero attached hydrogens (tertiary/aromatic N) is 1. The van der Waals surface area contributed by atoms with Gasteiger partial charge in [0.2, 0.25) is 5.90 Å². The summed E-state index contributed by atoms with van der Waals surface area (Å²) in [5.41, 5.74) is 3.49. The van der Waals surface area contributed by atoms with E-state index in [1.807, 2.05) is 50.2 Å². The number of aliphatic imine (C=N–C) groups is 1. The van der Waals surface area contributed by atoms with E-state index in [1.165, 1.54) is 0 Å². The topological polar surface area (TPSA) is 57.1 Å². The maximum atomic E-state index is 12.5. The van der Waals surface area contributed by atoms with Gasteiger partial charge < -0.3 is 14.2 Å². The second-order valence-corrected chi connectivity index (χ2v) is 9.56. The van der Waals surface area contributed by atoms with Crippen molar-refractivity contribution in [2.45, 2.75) is 20.5 Å². The molecular formula is C26H20Cl2INO4. The molecule has 0 saturated carbocycles. The minimum atomic E-state index is -0.571. The summed E-state index contributed by atoms with van der Waals surface area (Å²) in [6, 6.07) is 16.9. The molecule has 0 bridgehead atoms. The molecule has 0 aromatic heterocycles. The third-order valence-electron chi connectivity index (χ3n) is 4.88. The number of cyclic esters (lactones) is 1. The Balaban J connectivity index is 1.63. The van der Waals surface area contributed by atoms with Crippen LogP contribution in [0.3, 0.4) is 0 Å². The Bertz CT molecular complexity index is 1320. The van der Waals surface area contributed by atoms with Gasteiger partial charge >= 0.3 is 5.97 Å². The molecule has 1 aliphatic rings. The van der Waals surface area contributed by atoms with Crippen LogP contribution in [0.5, 0.6) is 11.5 Å². The Morgan fingerprint density at radius 1 is 1.06 bits per heavy atom. The predicted molar refractivity (Wildman–Crippen MR) is 143 cm³/mol. The van der Waals surface area contributed by atoms with Gasteiger partial charge in [-0.2, -0.15) is 0 Å². The van der Waals surface area contributed by atoms with Crippen LogP contribution < -0.4 is 9.47 Å². The van der Waals surface area contributed by atoms with Crippen molar-refractivity contribution in [3.63, 3.8) is 0 Å². The van der Waals surface area contributed by atoms with Gasteiger partial charge in [-0.25, -0.2) is 9.79 Å². The highest BCUT2D eigenvalue weighted by molar-refractivity contribution is 14.1. The monoisotopic (exact) mass is 607 g/mol. The van der Waals surface area contributed by atoms with Gasteiger partial charge in [-0.05, 0) is 84.0 Å². The minimum Gasteiger partial charge on any atom is -0.490 e. The number of ether oxygens (including phenoxy) is 3. The zero-order valence-corrected chi connectivity index (χ0v) is 22.1. The zero-order valence-electron chi connectivity index (χ0n) is 18.4. The lowest BCUT2D eigenvalue weighted by Crippen LogP contribution is -2.06. The summed E-state index contributed by atoms with van der Waals surface area (Å²) >= 11 is 15.0. The Morgan fingerprint density at radius 3 is 2.65 bits per heavy atom. The number of aryl methyl sites for hydroxylation is 1. The van der Waals surface area contributed by atoms with Crippen LogP contribution in [0.25, 0.3) is 6.08 Å². The van der Waals surface area contributed by atoms with E-state index in [2.05, 4.69) is 27.6 Å². The normalized spacial score (nSPS) is 14.2. The first-order valence-corrected chi connectivity index (χ1v) is 12.3. The molecule has 0 fully saturated rings. The molecule has 34 heavy (non-hydrogen) atoms. The summed E-state index contributed by atoms with van der Waals surface area (Å²) in [5, 5.41) is 0.812. The van der Waals surface area contributed by atoms with E-state index in [4.69, 9.17) is 37.4 Å². The largest absolute Gasteiger partial charge is 0.490 e. The highest BCUT2D eigenvalue weighted by Gasteiger charge is 2.26. The van der Waals surface area contributed by atoms with Crippen LogP contribution in [0.15, 0.2) is 65.3 Å². The number of halogens is 3. The summed E-state index contributed by atoms with van der Waals surface area (Å²) < 4.78 is 18.1. The second-order valence-electron chi connectivity index (χ2n) is 7.50. The van der Waals surface area contributed by atoms with Crippen LogP contribution in [0, 0.1) is 10.5 Å². The Morgan fingerprint density at radius 2 is 1.88 bits per heavy atom. The van der Waals surface area contributed by atoms with Crippen molar-refractivity contribution in [2.24, 2.45) is 4.99 Å². The van der Waals surface area contributed by atoms with Crippen molar-refractivity contribution >= 4 is 63.7 Å². The van der Waals surface area contributed by atoms with Crippen molar-refractivity contribution in [1.82, 2.24) is 0 Å².